The molecule has 0 saturated carbocycles. The van der Waals surface area contributed by atoms with E-state index in [-0.39, 0.29) is 24.4 Å². The first-order valence-corrected chi connectivity index (χ1v) is 6.08. The van der Waals surface area contributed by atoms with Crippen LogP contribution >= 0.6 is 0 Å². The van der Waals surface area contributed by atoms with Crippen LogP contribution in [0.2, 0.25) is 0 Å². The summed E-state index contributed by atoms with van der Waals surface area (Å²) in [5, 5.41) is 9.28. The second kappa shape index (κ2) is 5.79. The van der Waals surface area contributed by atoms with E-state index < -0.39 is 6.36 Å². The van der Waals surface area contributed by atoms with Gasteiger partial charge in [-0.1, -0.05) is 12.1 Å². The van der Waals surface area contributed by atoms with Crippen LogP contribution in [0.4, 0.5) is 13.2 Å². The van der Waals surface area contributed by atoms with Gasteiger partial charge in [-0.3, -0.25) is 0 Å². The molecule has 1 fully saturated rings. The lowest BCUT2D eigenvalue weighted by atomic mass is 9.90. The first-order chi connectivity index (χ1) is 8.99. The van der Waals surface area contributed by atoms with E-state index in [1.165, 1.54) is 12.1 Å². The summed E-state index contributed by atoms with van der Waals surface area (Å²) in [7, 11) is 0. The molecule has 0 aliphatic carbocycles. The SMILES string of the molecule is OCC1CCCOC1c1ccc(OC(F)(F)F)cc1. The molecule has 1 aliphatic heterocycles. The van der Waals surface area contributed by atoms with Crippen LogP contribution in [0.15, 0.2) is 24.3 Å². The van der Waals surface area contributed by atoms with Gasteiger partial charge in [0.05, 0.1) is 6.10 Å². The van der Waals surface area contributed by atoms with Gasteiger partial charge in [0.2, 0.25) is 0 Å². The minimum absolute atomic E-state index is 0.00543. The number of hydrogen-bond acceptors (Lipinski definition) is 3. The average Bonchev–Trinajstić information content (AvgIpc) is 2.38. The molecular formula is C13H15F3O3. The van der Waals surface area contributed by atoms with Crippen molar-refractivity contribution in [2.45, 2.75) is 25.3 Å². The summed E-state index contributed by atoms with van der Waals surface area (Å²) in [6.45, 7) is 0.605. The third-order valence-corrected chi connectivity index (χ3v) is 3.12. The Morgan fingerprint density at radius 2 is 1.95 bits per heavy atom. The Hall–Kier alpha value is -1.27. The van der Waals surface area contributed by atoms with Crippen LogP contribution < -0.4 is 4.74 Å². The molecule has 2 unspecified atom stereocenters. The van der Waals surface area contributed by atoms with Gasteiger partial charge in [0.15, 0.2) is 0 Å². The van der Waals surface area contributed by atoms with E-state index in [2.05, 4.69) is 4.74 Å². The molecule has 2 atom stereocenters. The van der Waals surface area contributed by atoms with Gasteiger partial charge in [0.25, 0.3) is 0 Å². The van der Waals surface area contributed by atoms with Gasteiger partial charge in [0.1, 0.15) is 5.75 Å². The Morgan fingerprint density at radius 1 is 1.26 bits per heavy atom. The normalized spacial score (nSPS) is 24.2. The maximum absolute atomic E-state index is 12.0. The van der Waals surface area contributed by atoms with Gasteiger partial charge in [-0.15, -0.1) is 13.2 Å². The molecule has 0 bridgehead atoms. The number of ether oxygens (including phenoxy) is 2. The zero-order chi connectivity index (χ0) is 13.9. The van der Waals surface area contributed by atoms with E-state index in [4.69, 9.17) is 4.74 Å². The molecular weight excluding hydrogens is 261 g/mol. The summed E-state index contributed by atoms with van der Waals surface area (Å²) < 4.78 is 45.5. The molecule has 1 aromatic carbocycles. The Labute approximate surface area is 108 Å². The van der Waals surface area contributed by atoms with Crippen molar-refractivity contribution in [3.05, 3.63) is 29.8 Å². The second-order valence-electron chi connectivity index (χ2n) is 4.49. The van der Waals surface area contributed by atoms with Crippen molar-refractivity contribution < 1.29 is 27.8 Å². The predicted molar refractivity (Wildman–Crippen MR) is 61.6 cm³/mol. The van der Waals surface area contributed by atoms with Gasteiger partial charge in [-0.25, -0.2) is 0 Å². The molecule has 3 nitrogen and oxygen atoms in total. The van der Waals surface area contributed by atoms with Crippen LogP contribution in [0.1, 0.15) is 24.5 Å². The van der Waals surface area contributed by atoms with Gasteiger partial charge in [-0.05, 0) is 30.5 Å². The average molecular weight is 276 g/mol. The second-order valence-corrected chi connectivity index (χ2v) is 4.49. The van der Waals surface area contributed by atoms with E-state index in [1.807, 2.05) is 0 Å². The van der Waals surface area contributed by atoms with Crippen LogP contribution in [0.5, 0.6) is 5.75 Å². The van der Waals surface area contributed by atoms with Crippen LogP contribution in [0.25, 0.3) is 0 Å². The Bertz CT molecular complexity index is 403. The summed E-state index contributed by atoms with van der Waals surface area (Å²) in [6, 6.07) is 5.60. The predicted octanol–water partition coefficient (Wildman–Crippen LogP) is 3.05. The summed E-state index contributed by atoms with van der Waals surface area (Å²) in [5.41, 5.74) is 0.758. The molecule has 1 N–H and O–H groups in total. The maximum atomic E-state index is 12.0. The van der Waals surface area contributed by atoms with E-state index in [9.17, 15) is 18.3 Å². The lowest BCUT2D eigenvalue weighted by molar-refractivity contribution is -0.274. The lowest BCUT2D eigenvalue weighted by Gasteiger charge is -2.30. The van der Waals surface area contributed by atoms with Gasteiger partial charge < -0.3 is 14.6 Å². The molecule has 0 spiro atoms. The van der Waals surface area contributed by atoms with E-state index in [0.29, 0.717) is 6.61 Å². The first kappa shape index (κ1) is 14.1. The highest BCUT2D eigenvalue weighted by molar-refractivity contribution is 5.29. The molecule has 1 aromatic rings. The molecule has 19 heavy (non-hydrogen) atoms. The van der Waals surface area contributed by atoms with Crippen molar-refractivity contribution in [1.82, 2.24) is 0 Å². The minimum Gasteiger partial charge on any atom is -0.406 e. The van der Waals surface area contributed by atoms with Crippen LogP contribution in [-0.2, 0) is 4.74 Å². The van der Waals surface area contributed by atoms with Crippen LogP contribution in [0.3, 0.4) is 0 Å². The molecule has 106 valence electrons. The Balaban J connectivity index is 2.08. The summed E-state index contributed by atoms with van der Waals surface area (Å²) in [5.74, 6) is -0.268. The Kier molecular flexibility index (Phi) is 4.31. The van der Waals surface area contributed by atoms with Gasteiger partial charge in [-0.2, -0.15) is 0 Å². The van der Waals surface area contributed by atoms with Crippen molar-refractivity contribution in [2.75, 3.05) is 13.2 Å². The van der Waals surface area contributed by atoms with Crippen molar-refractivity contribution in [3.8, 4) is 5.75 Å². The number of aliphatic hydroxyl groups is 1. The molecule has 6 heteroatoms. The molecule has 0 radical (unpaired) electrons. The number of rotatable bonds is 3. The van der Waals surface area contributed by atoms with Crippen molar-refractivity contribution >= 4 is 0 Å². The monoisotopic (exact) mass is 276 g/mol. The molecule has 1 heterocycles. The van der Waals surface area contributed by atoms with Crippen molar-refractivity contribution in [3.63, 3.8) is 0 Å². The zero-order valence-electron chi connectivity index (χ0n) is 10.2. The largest absolute Gasteiger partial charge is 0.573 e. The fourth-order valence-electron chi connectivity index (χ4n) is 2.26. The van der Waals surface area contributed by atoms with E-state index in [1.54, 1.807) is 12.1 Å². The topological polar surface area (TPSA) is 38.7 Å². The third-order valence-electron chi connectivity index (χ3n) is 3.12. The quantitative estimate of drug-likeness (QED) is 0.922. The molecule has 0 aromatic heterocycles. The smallest absolute Gasteiger partial charge is 0.406 e. The number of hydrogen-bond donors (Lipinski definition) is 1. The number of halogens is 3. The summed E-state index contributed by atoms with van der Waals surface area (Å²) >= 11 is 0. The fraction of sp³-hybridized carbons (Fsp3) is 0.538. The van der Waals surface area contributed by atoms with Crippen LogP contribution in [0, 0.1) is 5.92 Å². The maximum Gasteiger partial charge on any atom is 0.573 e. The molecule has 2 rings (SSSR count). The highest BCUT2D eigenvalue weighted by Gasteiger charge is 2.31. The Morgan fingerprint density at radius 3 is 2.53 bits per heavy atom. The molecule has 0 amide bonds. The first-order valence-electron chi connectivity index (χ1n) is 6.08. The summed E-state index contributed by atoms with van der Waals surface area (Å²) in [4.78, 5) is 0. The van der Waals surface area contributed by atoms with E-state index in [0.717, 1.165) is 18.4 Å². The van der Waals surface area contributed by atoms with Crippen molar-refractivity contribution in [2.24, 2.45) is 5.92 Å². The minimum atomic E-state index is -4.68. The standard InChI is InChI=1S/C13H15F3O3/c14-13(15,16)19-11-5-3-9(4-6-11)12-10(8-17)2-1-7-18-12/h3-6,10,12,17H,1-2,7-8H2. The molecule has 1 aliphatic rings. The summed E-state index contributed by atoms with van der Waals surface area (Å²) in [6.07, 6.45) is -3.21. The highest BCUT2D eigenvalue weighted by Crippen LogP contribution is 2.34. The van der Waals surface area contributed by atoms with Gasteiger partial charge in [0, 0.05) is 19.1 Å². The van der Waals surface area contributed by atoms with Crippen molar-refractivity contribution in [1.29, 1.82) is 0 Å². The van der Waals surface area contributed by atoms with Gasteiger partial charge >= 0.3 is 6.36 Å². The van der Waals surface area contributed by atoms with E-state index >= 15 is 0 Å². The third kappa shape index (κ3) is 3.84. The number of alkyl halides is 3. The lowest BCUT2D eigenvalue weighted by Crippen LogP contribution is -2.25. The number of benzene rings is 1. The zero-order valence-corrected chi connectivity index (χ0v) is 10.2. The fourth-order valence-corrected chi connectivity index (χ4v) is 2.26. The van der Waals surface area contributed by atoms with Crippen LogP contribution in [-0.4, -0.2) is 24.7 Å². The molecule has 1 saturated heterocycles. The highest BCUT2D eigenvalue weighted by atomic mass is 19.4. The number of aliphatic hydroxyl groups excluding tert-OH is 1.